The summed E-state index contributed by atoms with van der Waals surface area (Å²) >= 11 is 0. The molecule has 0 aromatic carbocycles. The number of carboxylic acids is 1. The number of carboxylic acid groups (broad SMARTS) is 1. The summed E-state index contributed by atoms with van der Waals surface area (Å²) in [6.45, 7) is 2.96. The van der Waals surface area contributed by atoms with E-state index in [9.17, 15) is 19.8 Å². The Morgan fingerprint density at radius 1 is 1.21 bits per heavy atom. The van der Waals surface area contributed by atoms with Crippen LogP contribution < -0.4 is 0 Å². The lowest BCUT2D eigenvalue weighted by atomic mass is 9.81. The van der Waals surface area contributed by atoms with Crippen molar-refractivity contribution in [2.24, 2.45) is 17.8 Å². The van der Waals surface area contributed by atoms with E-state index in [1.807, 2.05) is 19.1 Å². The zero-order chi connectivity index (χ0) is 14.0. The highest BCUT2D eigenvalue weighted by Gasteiger charge is 2.38. The number of likely N-dealkylation sites (tertiary alicyclic amines) is 1. The van der Waals surface area contributed by atoms with E-state index < -0.39 is 17.8 Å². The lowest BCUT2D eigenvalue weighted by Crippen LogP contribution is -2.49. The quantitative estimate of drug-likeness (QED) is 0.728. The van der Waals surface area contributed by atoms with Gasteiger partial charge < -0.3 is 15.1 Å². The Balaban J connectivity index is 2.06. The van der Waals surface area contributed by atoms with Crippen molar-refractivity contribution in [1.29, 1.82) is 0 Å². The highest BCUT2D eigenvalue weighted by atomic mass is 16.4. The van der Waals surface area contributed by atoms with Gasteiger partial charge in [-0.3, -0.25) is 9.59 Å². The molecule has 2 aliphatic rings. The van der Waals surface area contributed by atoms with Crippen LogP contribution in [0.25, 0.3) is 0 Å². The van der Waals surface area contributed by atoms with Crippen molar-refractivity contribution in [1.82, 2.24) is 4.90 Å². The summed E-state index contributed by atoms with van der Waals surface area (Å²) in [6, 6.07) is 0. The van der Waals surface area contributed by atoms with Crippen LogP contribution in [0.15, 0.2) is 12.2 Å². The zero-order valence-corrected chi connectivity index (χ0v) is 11.2. The molecule has 4 atom stereocenters. The summed E-state index contributed by atoms with van der Waals surface area (Å²) < 4.78 is 0. The molecule has 1 fully saturated rings. The molecule has 1 heterocycles. The van der Waals surface area contributed by atoms with Crippen LogP contribution in [0.3, 0.4) is 0 Å². The minimum atomic E-state index is -0.896. The molecule has 1 aliphatic heterocycles. The number of aliphatic hydroxyl groups excluding tert-OH is 1. The smallest absolute Gasteiger partial charge is 0.307 e. The van der Waals surface area contributed by atoms with Gasteiger partial charge in [-0.05, 0) is 25.2 Å². The molecule has 0 spiro atoms. The normalized spacial score (nSPS) is 35.2. The van der Waals surface area contributed by atoms with Crippen molar-refractivity contribution in [3.8, 4) is 0 Å². The maximum Gasteiger partial charge on any atom is 0.307 e. The van der Waals surface area contributed by atoms with Crippen molar-refractivity contribution < 1.29 is 19.8 Å². The van der Waals surface area contributed by atoms with Gasteiger partial charge >= 0.3 is 5.97 Å². The molecule has 2 unspecified atom stereocenters. The monoisotopic (exact) mass is 267 g/mol. The standard InChI is InChI=1S/C14H21NO4/c1-9-8-15(7-6-12(9)16)13(17)10-4-2-3-5-11(10)14(18)19/h2-3,9-12,16H,4-8H2,1H3,(H,18,19)/t9?,10-,11+,12?/m1/s1. The predicted octanol–water partition coefficient (Wildman–Crippen LogP) is 0.883. The van der Waals surface area contributed by atoms with E-state index in [1.54, 1.807) is 4.90 Å². The van der Waals surface area contributed by atoms with Gasteiger partial charge in [-0.2, -0.15) is 0 Å². The predicted molar refractivity (Wildman–Crippen MR) is 69.4 cm³/mol. The number of hydrogen-bond donors (Lipinski definition) is 2. The number of nitrogens with zero attached hydrogens (tertiary/aromatic N) is 1. The van der Waals surface area contributed by atoms with Crippen LogP contribution in [0.4, 0.5) is 0 Å². The van der Waals surface area contributed by atoms with E-state index in [-0.39, 0.29) is 17.9 Å². The van der Waals surface area contributed by atoms with Crippen LogP contribution in [0.1, 0.15) is 26.2 Å². The Kier molecular flexibility index (Phi) is 4.24. The van der Waals surface area contributed by atoms with E-state index in [0.29, 0.717) is 32.4 Å². The van der Waals surface area contributed by atoms with Crippen LogP contribution in [0.2, 0.25) is 0 Å². The van der Waals surface area contributed by atoms with Crippen LogP contribution in [-0.4, -0.2) is 46.2 Å². The topological polar surface area (TPSA) is 77.8 Å². The van der Waals surface area contributed by atoms with Gasteiger partial charge in [-0.15, -0.1) is 0 Å². The van der Waals surface area contributed by atoms with Gasteiger partial charge in [0.05, 0.1) is 17.9 Å². The second-order valence-electron chi connectivity index (χ2n) is 5.61. The molecule has 0 aromatic rings. The molecule has 2 rings (SSSR count). The van der Waals surface area contributed by atoms with E-state index in [1.165, 1.54) is 0 Å². The maximum absolute atomic E-state index is 12.5. The molecule has 1 aliphatic carbocycles. The average Bonchev–Trinajstić information content (AvgIpc) is 2.41. The van der Waals surface area contributed by atoms with Crippen molar-refractivity contribution in [3.63, 3.8) is 0 Å². The van der Waals surface area contributed by atoms with Crippen LogP contribution in [0, 0.1) is 17.8 Å². The first-order valence-corrected chi connectivity index (χ1v) is 6.85. The van der Waals surface area contributed by atoms with Gasteiger partial charge in [0.25, 0.3) is 0 Å². The lowest BCUT2D eigenvalue weighted by molar-refractivity contribution is -0.152. The third-order valence-electron chi connectivity index (χ3n) is 4.24. The number of carbonyl (C=O) groups excluding carboxylic acids is 1. The molecule has 0 aromatic heterocycles. The Bertz CT molecular complexity index is 393. The lowest BCUT2D eigenvalue weighted by Gasteiger charge is -2.37. The van der Waals surface area contributed by atoms with E-state index in [4.69, 9.17) is 0 Å². The summed E-state index contributed by atoms with van der Waals surface area (Å²) in [6.07, 6.45) is 4.88. The van der Waals surface area contributed by atoms with Crippen LogP contribution in [0.5, 0.6) is 0 Å². The second kappa shape index (κ2) is 5.74. The Morgan fingerprint density at radius 2 is 1.84 bits per heavy atom. The fourth-order valence-electron chi connectivity index (χ4n) is 2.93. The molecule has 1 amide bonds. The van der Waals surface area contributed by atoms with E-state index >= 15 is 0 Å². The fourth-order valence-corrected chi connectivity index (χ4v) is 2.93. The second-order valence-corrected chi connectivity index (χ2v) is 5.61. The molecule has 106 valence electrons. The number of piperidine rings is 1. The SMILES string of the molecule is CC1CN(C(=O)[C@@H]2CC=CC[C@@H]2C(=O)O)CCC1O. The molecule has 19 heavy (non-hydrogen) atoms. The van der Waals surface area contributed by atoms with Gasteiger partial charge in [-0.25, -0.2) is 0 Å². The van der Waals surface area contributed by atoms with Crippen LogP contribution >= 0.6 is 0 Å². The molecule has 0 radical (unpaired) electrons. The number of aliphatic hydroxyl groups is 1. The van der Waals surface area contributed by atoms with Gasteiger partial charge in [0.1, 0.15) is 0 Å². The fraction of sp³-hybridized carbons (Fsp3) is 0.714. The van der Waals surface area contributed by atoms with Crippen molar-refractivity contribution in [3.05, 3.63) is 12.2 Å². The highest BCUT2D eigenvalue weighted by Crippen LogP contribution is 2.29. The Labute approximate surface area is 112 Å². The summed E-state index contributed by atoms with van der Waals surface area (Å²) in [5, 5.41) is 18.9. The Morgan fingerprint density at radius 3 is 2.42 bits per heavy atom. The number of hydrogen-bond acceptors (Lipinski definition) is 3. The molecule has 1 saturated heterocycles. The molecule has 5 heteroatoms. The molecule has 0 saturated carbocycles. The largest absolute Gasteiger partial charge is 0.481 e. The maximum atomic E-state index is 12.5. The number of amides is 1. The van der Waals surface area contributed by atoms with Gasteiger partial charge in [-0.1, -0.05) is 19.1 Å². The third kappa shape index (κ3) is 2.97. The first-order chi connectivity index (χ1) is 9.00. The van der Waals surface area contributed by atoms with Gasteiger partial charge in [0.15, 0.2) is 0 Å². The third-order valence-corrected chi connectivity index (χ3v) is 4.24. The first-order valence-electron chi connectivity index (χ1n) is 6.85. The van der Waals surface area contributed by atoms with Crippen molar-refractivity contribution >= 4 is 11.9 Å². The molecular weight excluding hydrogens is 246 g/mol. The number of carbonyl (C=O) groups is 2. The number of rotatable bonds is 2. The van der Waals surface area contributed by atoms with Crippen molar-refractivity contribution in [2.75, 3.05) is 13.1 Å². The molecule has 0 bridgehead atoms. The molecular formula is C14H21NO4. The van der Waals surface area contributed by atoms with Gasteiger partial charge in [0, 0.05) is 13.1 Å². The highest BCUT2D eigenvalue weighted by molar-refractivity contribution is 5.85. The van der Waals surface area contributed by atoms with Crippen molar-refractivity contribution in [2.45, 2.75) is 32.3 Å². The molecule has 5 nitrogen and oxygen atoms in total. The summed E-state index contributed by atoms with van der Waals surface area (Å²) in [7, 11) is 0. The van der Waals surface area contributed by atoms with Crippen LogP contribution in [-0.2, 0) is 9.59 Å². The number of aliphatic carboxylic acids is 1. The number of allylic oxidation sites excluding steroid dienone is 2. The van der Waals surface area contributed by atoms with Gasteiger partial charge in [0.2, 0.25) is 5.91 Å². The Hall–Kier alpha value is -1.36. The zero-order valence-electron chi connectivity index (χ0n) is 11.2. The first kappa shape index (κ1) is 14.1. The summed E-state index contributed by atoms with van der Waals surface area (Å²) in [5.41, 5.74) is 0. The summed E-state index contributed by atoms with van der Waals surface area (Å²) in [4.78, 5) is 25.4. The minimum absolute atomic E-state index is 0.0557. The van der Waals surface area contributed by atoms with E-state index in [0.717, 1.165) is 0 Å². The summed E-state index contributed by atoms with van der Waals surface area (Å²) in [5.74, 6) is -1.98. The minimum Gasteiger partial charge on any atom is -0.481 e. The average molecular weight is 267 g/mol. The molecule has 2 N–H and O–H groups in total. The van der Waals surface area contributed by atoms with E-state index in [2.05, 4.69) is 0 Å².